The van der Waals surface area contributed by atoms with Gasteiger partial charge >= 0.3 is 0 Å². The lowest BCUT2D eigenvalue weighted by Gasteiger charge is -2.13. The summed E-state index contributed by atoms with van der Waals surface area (Å²) in [6.07, 6.45) is 39.2. The largest absolute Gasteiger partial charge is 0.494 e. The molecular formula is C78H135NO5. The fraction of sp³-hybridized carbons (Fsp3) is 0.590. The molecule has 0 radical (unpaired) electrons. The van der Waals surface area contributed by atoms with Crippen molar-refractivity contribution in [3.63, 3.8) is 0 Å². The van der Waals surface area contributed by atoms with Crippen LogP contribution in [0.2, 0.25) is 0 Å². The number of Topliss-reactive ketones (excluding diaryl/α,β-unsaturated/α-hetero) is 3. The summed E-state index contributed by atoms with van der Waals surface area (Å²) in [5.41, 5.74) is 11.3. The minimum atomic E-state index is 0. The number of ether oxygens (including phenoxy) is 1. The van der Waals surface area contributed by atoms with Crippen molar-refractivity contribution < 1.29 is 23.9 Å². The van der Waals surface area contributed by atoms with Crippen LogP contribution in [-0.2, 0) is 32.1 Å². The quantitative estimate of drug-likeness (QED) is 0.0297. The molecule has 1 aromatic heterocycles. The summed E-state index contributed by atoms with van der Waals surface area (Å²) in [6, 6.07) is 10.5. The van der Waals surface area contributed by atoms with Crippen LogP contribution < -0.4 is 4.74 Å². The first-order valence-corrected chi connectivity index (χ1v) is 32.6. The van der Waals surface area contributed by atoms with Gasteiger partial charge in [0.25, 0.3) is 0 Å². The van der Waals surface area contributed by atoms with E-state index in [4.69, 9.17) is 4.74 Å². The van der Waals surface area contributed by atoms with E-state index in [1.165, 1.54) is 96.7 Å². The number of rotatable bonds is 35. The molecule has 2 unspecified atom stereocenters. The Morgan fingerprint density at radius 2 is 1.23 bits per heavy atom. The lowest BCUT2D eigenvalue weighted by Crippen LogP contribution is -2.11. The smallest absolute Gasteiger partial charge is 0.155 e. The molecule has 6 nitrogen and oxygen atoms in total. The van der Waals surface area contributed by atoms with Crippen LogP contribution >= 0.6 is 0 Å². The van der Waals surface area contributed by atoms with Crippen LogP contribution in [0.15, 0.2) is 121 Å². The highest BCUT2D eigenvalue weighted by atomic mass is 16.5. The Balaban J connectivity index is -0.000000231. The molecule has 2 rings (SSSR count). The Morgan fingerprint density at radius 3 is 1.71 bits per heavy atom. The van der Waals surface area contributed by atoms with Crippen molar-refractivity contribution in [2.45, 2.75) is 288 Å². The highest BCUT2D eigenvalue weighted by Crippen LogP contribution is 2.28. The number of allylic oxidation sites excluding steroid dienone is 12. The number of ketones is 4. The van der Waals surface area contributed by atoms with Crippen molar-refractivity contribution >= 4 is 40.9 Å². The predicted molar refractivity (Wildman–Crippen MR) is 382 cm³/mol. The van der Waals surface area contributed by atoms with Gasteiger partial charge in [0.1, 0.15) is 23.1 Å². The molecule has 0 aliphatic heterocycles. The normalized spacial score (nSPS) is 11.6. The maximum Gasteiger partial charge on any atom is 0.155 e. The third-order valence-electron chi connectivity index (χ3n) is 12.9. The van der Waals surface area contributed by atoms with E-state index in [1.54, 1.807) is 13.8 Å². The van der Waals surface area contributed by atoms with Gasteiger partial charge in [-0.15, -0.1) is 19.7 Å². The molecule has 0 saturated heterocycles. The standard InChI is InChI=1S/C38H51NO2.C21H38O2.C7H12O.C3H8.3C2H6.C2H4.CH4/c1-9-13-16-29(5)37-28-35(18-14-10-2)38(39(37)12-4)27-31(7)30(6)26-33(11-3)19-20-34-21-23-36(24-22-34)41-25-15-17-32(8)40;1-5-7-9-15-19(4)21(23)17-12-14-18(3)13-10-8-11-16-20(22)6-2;1-6(2)4-5-7(3)8;1-3-2;4*1-2;/h9,11,13,16,19-24,26-28H,10,12,14-15,17-18,25H2,1-8H3;6,18-19H,2,5,7-17H2,1,3-4H3;1,4-5H2,2-3H3;3H2,1-2H3;3*1-2H3;1-2H2;1H4/b13-9+,20-19+,29-16+,30-26-,31-27+,33-11-;;;;;;;;. The SMILES string of the molecule is C.C/C=C(\C=C(C)/C(C)=C/c1c(CCCC)cc(/C(C)=C/C=C/C)n1CC)/C=C/c1ccc(OCCCC(C)=O)cc1.C=C.C=C(C)CCC(C)=O.C=CC(=O)CCCCCC(C)CCCC(=O)C(C)CCCCC.CC.CC.CC.CCC. The Bertz CT molecular complexity index is 2120. The van der Waals surface area contributed by atoms with Gasteiger partial charge in [0.05, 0.1) is 6.61 Å². The Kier molecular flexibility index (Phi) is 73.4. The lowest BCUT2D eigenvalue weighted by atomic mass is 9.92. The molecule has 1 heterocycles. The van der Waals surface area contributed by atoms with Gasteiger partial charge in [0.15, 0.2) is 5.78 Å². The first-order chi connectivity index (χ1) is 39.8. The zero-order valence-corrected chi connectivity index (χ0v) is 58.1. The first kappa shape index (κ1) is 92.4. The van der Waals surface area contributed by atoms with Crippen molar-refractivity contribution in [3.8, 4) is 5.75 Å². The molecule has 2 atom stereocenters. The number of nitrogens with zero attached hydrogens (tertiary/aromatic N) is 1. The van der Waals surface area contributed by atoms with E-state index >= 15 is 0 Å². The molecule has 2 aromatic rings. The fourth-order valence-corrected chi connectivity index (χ4v) is 7.98. The second-order valence-corrected chi connectivity index (χ2v) is 20.7. The summed E-state index contributed by atoms with van der Waals surface area (Å²) in [7, 11) is 0. The Labute approximate surface area is 522 Å². The average Bonchev–Trinajstić information content (AvgIpc) is 3.87. The van der Waals surface area contributed by atoms with Crippen LogP contribution in [0, 0.1) is 11.8 Å². The molecule has 0 saturated carbocycles. The summed E-state index contributed by atoms with van der Waals surface area (Å²) < 4.78 is 8.22. The molecule has 0 bridgehead atoms. The monoisotopic (exact) mass is 1170 g/mol. The number of hydrogen-bond acceptors (Lipinski definition) is 5. The summed E-state index contributed by atoms with van der Waals surface area (Å²) in [6.45, 7) is 57.9. The number of carbonyl (C=O) groups excluding carboxylic acids is 4. The van der Waals surface area contributed by atoms with Crippen LogP contribution in [0.3, 0.4) is 0 Å². The summed E-state index contributed by atoms with van der Waals surface area (Å²) >= 11 is 0. The molecule has 0 aliphatic carbocycles. The van der Waals surface area contributed by atoms with E-state index in [0.717, 1.165) is 81.2 Å². The van der Waals surface area contributed by atoms with E-state index < -0.39 is 0 Å². The molecule has 1 aromatic carbocycles. The molecule has 6 heteroatoms. The van der Waals surface area contributed by atoms with Crippen LogP contribution in [0.25, 0.3) is 17.7 Å². The van der Waals surface area contributed by atoms with Crippen molar-refractivity contribution in [2.24, 2.45) is 11.8 Å². The van der Waals surface area contributed by atoms with E-state index in [-0.39, 0.29) is 30.7 Å². The highest BCUT2D eigenvalue weighted by molar-refractivity contribution is 5.88. The van der Waals surface area contributed by atoms with Gasteiger partial charge in [-0.2, -0.15) is 0 Å². The van der Waals surface area contributed by atoms with Crippen molar-refractivity contribution in [3.05, 3.63) is 144 Å². The molecule has 0 fully saturated rings. The number of carbonyl (C=O) groups is 4. The third kappa shape index (κ3) is 53.4. The average molecular weight is 1170 g/mol. The molecule has 482 valence electrons. The van der Waals surface area contributed by atoms with Crippen molar-refractivity contribution in [1.29, 1.82) is 0 Å². The summed E-state index contributed by atoms with van der Waals surface area (Å²) in [5.74, 6) is 2.83. The highest BCUT2D eigenvalue weighted by Gasteiger charge is 2.15. The molecular weight excluding hydrogens is 1030 g/mol. The van der Waals surface area contributed by atoms with Crippen LogP contribution in [0.1, 0.15) is 297 Å². The fourth-order valence-electron chi connectivity index (χ4n) is 7.98. The molecule has 84 heavy (non-hydrogen) atoms. The summed E-state index contributed by atoms with van der Waals surface area (Å²) in [4.78, 5) is 44.6. The van der Waals surface area contributed by atoms with Crippen molar-refractivity contribution in [1.82, 2.24) is 4.57 Å². The molecule has 0 amide bonds. The first-order valence-electron chi connectivity index (χ1n) is 32.6. The zero-order valence-electron chi connectivity index (χ0n) is 58.1. The second-order valence-electron chi connectivity index (χ2n) is 20.7. The minimum absolute atomic E-state index is 0. The zero-order chi connectivity index (χ0) is 65.0. The number of aromatic nitrogens is 1. The van der Waals surface area contributed by atoms with Crippen LogP contribution in [-0.4, -0.2) is 34.3 Å². The van der Waals surface area contributed by atoms with Crippen LogP contribution in [0.5, 0.6) is 5.75 Å². The van der Waals surface area contributed by atoms with E-state index in [0.29, 0.717) is 37.6 Å². The number of hydrogen-bond donors (Lipinski definition) is 0. The topological polar surface area (TPSA) is 82.4 Å². The van der Waals surface area contributed by atoms with E-state index in [9.17, 15) is 19.2 Å². The van der Waals surface area contributed by atoms with Gasteiger partial charge in [-0.05, 0) is 177 Å². The maximum atomic E-state index is 12.1. The number of benzene rings is 1. The Hall–Kier alpha value is -5.36. The van der Waals surface area contributed by atoms with Gasteiger partial charge in [-0.1, -0.05) is 215 Å². The van der Waals surface area contributed by atoms with Crippen LogP contribution in [0.4, 0.5) is 0 Å². The second kappa shape index (κ2) is 66.8. The summed E-state index contributed by atoms with van der Waals surface area (Å²) in [5, 5.41) is 0. The van der Waals surface area contributed by atoms with Gasteiger partial charge in [-0.3, -0.25) is 9.59 Å². The lowest BCUT2D eigenvalue weighted by molar-refractivity contribution is -0.123. The molecule has 0 spiro atoms. The minimum Gasteiger partial charge on any atom is -0.494 e. The van der Waals surface area contributed by atoms with E-state index in [2.05, 4.69) is 181 Å². The van der Waals surface area contributed by atoms with Gasteiger partial charge < -0.3 is 18.9 Å². The molecule has 0 N–H and O–H groups in total. The van der Waals surface area contributed by atoms with Gasteiger partial charge in [0, 0.05) is 49.5 Å². The number of aryl methyl sites for hydroxylation is 1. The predicted octanol–water partition coefficient (Wildman–Crippen LogP) is 24.7. The van der Waals surface area contributed by atoms with Crippen molar-refractivity contribution in [2.75, 3.05) is 6.61 Å². The van der Waals surface area contributed by atoms with E-state index in [1.807, 2.05) is 60.6 Å². The third-order valence-corrected chi connectivity index (χ3v) is 12.9. The van der Waals surface area contributed by atoms with Gasteiger partial charge in [0.2, 0.25) is 0 Å². The van der Waals surface area contributed by atoms with Gasteiger partial charge in [-0.25, -0.2) is 0 Å². The molecule has 0 aliphatic rings. The maximum absolute atomic E-state index is 12.1. The number of unbranched alkanes of at least 4 members (excludes halogenated alkanes) is 5. The Morgan fingerprint density at radius 1 is 0.667 bits per heavy atom.